The number of piperidine rings is 2. The topological polar surface area (TPSA) is 65.7 Å². The van der Waals surface area contributed by atoms with Crippen molar-refractivity contribution in [3.63, 3.8) is 0 Å². The van der Waals surface area contributed by atoms with Crippen molar-refractivity contribution in [2.24, 2.45) is 23.7 Å². The number of amides is 1. The van der Waals surface area contributed by atoms with E-state index in [1.54, 1.807) is 0 Å². The zero-order valence-corrected chi connectivity index (χ0v) is 16.8. The van der Waals surface area contributed by atoms with Crippen LogP contribution in [0.3, 0.4) is 0 Å². The van der Waals surface area contributed by atoms with Crippen molar-refractivity contribution in [1.82, 2.24) is 19.9 Å². The van der Waals surface area contributed by atoms with Gasteiger partial charge in [0.2, 0.25) is 5.91 Å². The van der Waals surface area contributed by atoms with Gasteiger partial charge in [0.25, 0.3) is 0 Å². The van der Waals surface area contributed by atoms with E-state index >= 15 is 0 Å². The highest BCUT2D eigenvalue weighted by Crippen LogP contribution is 2.54. The molecule has 2 aliphatic carbocycles. The fourth-order valence-corrected chi connectivity index (χ4v) is 6.69. The highest BCUT2D eigenvalue weighted by Gasteiger charge is 2.61. The Bertz CT molecular complexity index is 748. The summed E-state index contributed by atoms with van der Waals surface area (Å²) in [6.45, 7) is 7.21. The largest absolute Gasteiger partial charge is 0.342 e. The van der Waals surface area contributed by atoms with Crippen molar-refractivity contribution in [2.45, 2.75) is 57.5 Å². The average molecular weight is 386 g/mol. The van der Waals surface area contributed by atoms with E-state index in [1.165, 1.54) is 38.5 Å². The number of nitrogens with zero attached hydrogens (tertiary/aromatic N) is 5. The summed E-state index contributed by atoms with van der Waals surface area (Å²) in [5, 5.41) is 3.98. The number of hydrogen-bond donors (Lipinski definition) is 0. The minimum atomic E-state index is 0.340. The van der Waals surface area contributed by atoms with Crippen LogP contribution in [0.2, 0.25) is 0 Å². The molecule has 3 saturated heterocycles. The van der Waals surface area contributed by atoms with E-state index < -0.39 is 0 Å². The molecule has 7 heteroatoms. The van der Waals surface area contributed by atoms with E-state index in [2.05, 4.69) is 24.8 Å². The van der Waals surface area contributed by atoms with Crippen LogP contribution in [0.25, 0.3) is 0 Å². The van der Waals surface area contributed by atoms with Gasteiger partial charge in [-0.3, -0.25) is 9.69 Å². The van der Waals surface area contributed by atoms with Gasteiger partial charge in [0.1, 0.15) is 0 Å². The Morgan fingerprint density at radius 1 is 1.00 bits per heavy atom. The SMILES string of the molecule is Cc1noc(N2CC3CC(N4C[C@@H]5[C@H](C4)[C@H]5C(=O)N4CCCCC4)CC2C3)n1. The first-order valence-electron chi connectivity index (χ1n) is 11.3. The summed E-state index contributed by atoms with van der Waals surface area (Å²) in [4.78, 5) is 24.5. The molecule has 1 aromatic heterocycles. The van der Waals surface area contributed by atoms with Crippen LogP contribution in [0.1, 0.15) is 44.3 Å². The predicted octanol–water partition coefficient (Wildman–Crippen LogP) is 1.93. The van der Waals surface area contributed by atoms with Gasteiger partial charge in [-0.2, -0.15) is 4.98 Å². The van der Waals surface area contributed by atoms with Gasteiger partial charge in [-0.05, 0) is 63.2 Å². The molecule has 4 heterocycles. The zero-order chi connectivity index (χ0) is 18.8. The molecule has 5 aliphatic rings. The lowest BCUT2D eigenvalue weighted by Gasteiger charge is -2.36. The van der Waals surface area contributed by atoms with Gasteiger partial charge in [-0.25, -0.2) is 0 Å². The minimum absolute atomic E-state index is 0.340. The minimum Gasteiger partial charge on any atom is -0.342 e. The van der Waals surface area contributed by atoms with Crippen LogP contribution in [-0.2, 0) is 4.79 Å². The second kappa shape index (κ2) is 6.44. The van der Waals surface area contributed by atoms with Gasteiger partial charge in [0, 0.05) is 50.7 Å². The maximum absolute atomic E-state index is 12.9. The number of rotatable bonds is 3. The van der Waals surface area contributed by atoms with E-state index in [-0.39, 0.29) is 0 Å². The van der Waals surface area contributed by atoms with Crippen LogP contribution < -0.4 is 4.90 Å². The number of likely N-dealkylation sites (tertiary alicyclic amines) is 2. The van der Waals surface area contributed by atoms with Gasteiger partial charge < -0.3 is 14.3 Å². The van der Waals surface area contributed by atoms with Gasteiger partial charge in [0.15, 0.2) is 5.82 Å². The smallest absolute Gasteiger partial charge is 0.324 e. The summed E-state index contributed by atoms with van der Waals surface area (Å²) in [6.07, 6.45) is 7.42. The van der Waals surface area contributed by atoms with Crippen molar-refractivity contribution in [1.29, 1.82) is 0 Å². The third-order valence-corrected chi connectivity index (χ3v) is 8.10. The predicted molar refractivity (Wildman–Crippen MR) is 104 cm³/mol. The molecule has 3 aliphatic heterocycles. The Morgan fingerprint density at radius 2 is 1.75 bits per heavy atom. The third kappa shape index (κ3) is 2.77. The summed E-state index contributed by atoms with van der Waals surface area (Å²) in [5.74, 6) is 3.52. The number of carbonyl (C=O) groups excluding carboxylic acids is 1. The second-order valence-corrected chi connectivity index (χ2v) is 9.85. The van der Waals surface area contributed by atoms with Gasteiger partial charge in [0.05, 0.1) is 0 Å². The Kier molecular flexibility index (Phi) is 3.97. The average Bonchev–Trinajstić information content (AvgIpc) is 3.06. The highest BCUT2D eigenvalue weighted by atomic mass is 16.5. The van der Waals surface area contributed by atoms with Crippen LogP contribution in [0.4, 0.5) is 6.01 Å². The van der Waals surface area contributed by atoms with Crippen LogP contribution in [-0.4, -0.2) is 70.7 Å². The van der Waals surface area contributed by atoms with E-state index in [4.69, 9.17) is 4.52 Å². The number of hydrogen-bond acceptors (Lipinski definition) is 6. The molecule has 2 bridgehead atoms. The molecule has 0 N–H and O–H groups in total. The van der Waals surface area contributed by atoms with Crippen molar-refractivity contribution in [3.05, 3.63) is 5.82 Å². The summed E-state index contributed by atoms with van der Waals surface area (Å²) in [6, 6.07) is 1.91. The number of aromatic nitrogens is 2. The van der Waals surface area contributed by atoms with Gasteiger partial charge >= 0.3 is 6.01 Å². The maximum atomic E-state index is 12.9. The number of aryl methyl sites for hydroxylation is 1. The van der Waals surface area contributed by atoms with Crippen molar-refractivity contribution < 1.29 is 9.32 Å². The molecule has 1 aromatic rings. The molecule has 1 amide bonds. The fraction of sp³-hybridized carbons (Fsp3) is 0.857. The Hall–Kier alpha value is -1.63. The normalized spacial score (nSPS) is 40.0. The zero-order valence-electron chi connectivity index (χ0n) is 16.8. The lowest BCUT2D eigenvalue weighted by molar-refractivity contribution is -0.134. The standard InChI is InChI=1S/C21H31N5O2/c1-13-22-21(28-23-13)26-10-14-7-15(9-16(26)8-14)25-11-17-18(12-25)19(17)20(27)24-5-3-2-4-6-24/h14-19H,2-12H2,1H3/t14?,15?,16?,17-,18+,19+. The van der Waals surface area contributed by atoms with Crippen LogP contribution in [0.5, 0.6) is 0 Å². The first-order chi connectivity index (χ1) is 13.7. The first kappa shape index (κ1) is 17.2. The first-order valence-corrected chi connectivity index (χ1v) is 11.3. The molecule has 5 fully saturated rings. The molecule has 7 nitrogen and oxygen atoms in total. The molecule has 152 valence electrons. The summed E-state index contributed by atoms with van der Waals surface area (Å²) >= 11 is 0. The number of fused-ring (bicyclic) bond motifs is 3. The van der Waals surface area contributed by atoms with E-state index in [9.17, 15) is 4.79 Å². The Balaban J connectivity index is 1.06. The van der Waals surface area contributed by atoms with E-state index in [0.717, 1.165) is 44.5 Å². The molecule has 3 unspecified atom stereocenters. The van der Waals surface area contributed by atoms with Crippen LogP contribution >= 0.6 is 0 Å². The molecule has 0 aromatic carbocycles. The number of anilines is 1. The number of carbonyl (C=O) groups is 1. The highest BCUT2D eigenvalue weighted by molar-refractivity contribution is 5.82. The van der Waals surface area contributed by atoms with Crippen LogP contribution in [0, 0.1) is 30.6 Å². The lowest BCUT2D eigenvalue weighted by atomic mass is 9.85. The Morgan fingerprint density at radius 3 is 2.46 bits per heavy atom. The second-order valence-electron chi connectivity index (χ2n) is 9.85. The molecule has 2 saturated carbocycles. The van der Waals surface area contributed by atoms with E-state index in [1.807, 2.05) is 6.92 Å². The summed E-state index contributed by atoms with van der Waals surface area (Å²) < 4.78 is 5.45. The maximum Gasteiger partial charge on any atom is 0.324 e. The molecular formula is C21H31N5O2. The fourth-order valence-electron chi connectivity index (χ4n) is 6.69. The summed E-state index contributed by atoms with van der Waals surface area (Å²) in [5.41, 5.74) is 0. The van der Waals surface area contributed by atoms with Gasteiger partial charge in [-0.15, -0.1) is 0 Å². The molecule has 6 rings (SSSR count). The van der Waals surface area contributed by atoms with Gasteiger partial charge in [-0.1, -0.05) is 5.16 Å². The van der Waals surface area contributed by atoms with E-state index in [0.29, 0.717) is 41.8 Å². The molecule has 0 radical (unpaired) electrons. The van der Waals surface area contributed by atoms with Crippen LogP contribution in [0.15, 0.2) is 4.52 Å². The van der Waals surface area contributed by atoms with Crippen molar-refractivity contribution in [2.75, 3.05) is 37.6 Å². The molecular weight excluding hydrogens is 354 g/mol. The Labute approximate surface area is 166 Å². The summed E-state index contributed by atoms with van der Waals surface area (Å²) in [7, 11) is 0. The molecule has 6 atom stereocenters. The van der Waals surface area contributed by atoms with Crippen molar-refractivity contribution >= 4 is 11.9 Å². The van der Waals surface area contributed by atoms with Crippen molar-refractivity contribution in [3.8, 4) is 0 Å². The molecule has 28 heavy (non-hydrogen) atoms. The quantitative estimate of drug-likeness (QED) is 0.792. The lowest BCUT2D eigenvalue weighted by Crippen LogP contribution is -2.44. The molecule has 0 spiro atoms. The monoisotopic (exact) mass is 385 g/mol. The third-order valence-electron chi connectivity index (χ3n) is 8.10.